The summed E-state index contributed by atoms with van der Waals surface area (Å²) in [6, 6.07) is 8.47. The van der Waals surface area contributed by atoms with Gasteiger partial charge in [-0.05, 0) is 31.0 Å². The summed E-state index contributed by atoms with van der Waals surface area (Å²) >= 11 is 0. The molecule has 8 heteroatoms. The van der Waals surface area contributed by atoms with Crippen molar-refractivity contribution in [2.75, 3.05) is 26.7 Å². The third-order valence-electron chi connectivity index (χ3n) is 5.74. The van der Waals surface area contributed by atoms with Gasteiger partial charge in [-0.15, -0.1) is 0 Å². The second-order valence-electron chi connectivity index (χ2n) is 7.91. The Bertz CT molecular complexity index is 1010. The number of pyridine rings is 1. The molecule has 2 aliphatic heterocycles. The number of aromatic amines is 1. The van der Waals surface area contributed by atoms with Gasteiger partial charge in [0.05, 0.1) is 25.8 Å². The summed E-state index contributed by atoms with van der Waals surface area (Å²) in [7, 11) is 1.60. The first-order valence-electron chi connectivity index (χ1n) is 9.99. The van der Waals surface area contributed by atoms with Crippen molar-refractivity contribution in [1.29, 1.82) is 0 Å². The molecule has 158 valence electrons. The molecule has 30 heavy (non-hydrogen) atoms. The van der Waals surface area contributed by atoms with E-state index in [1.807, 2.05) is 18.2 Å². The molecular formula is C22H25N3O5. The fourth-order valence-electron chi connectivity index (χ4n) is 4.19. The Balaban J connectivity index is 1.66. The number of fused-ring (bicyclic) bond motifs is 1. The number of benzene rings is 1. The standard InChI is InChI=1S/C22H25N3O5/c1-15(26)25-12-17-4-6-18(29-2)10-19(17)30-22(14-25)8-3-9-24(13-22)21(28)16-5-7-20(27)23-11-16/h4-7,10-11H,3,8-9,12-14H2,1-2H3,(H,23,27)/t22-/m0/s1. The van der Waals surface area contributed by atoms with Crippen molar-refractivity contribution in [3.63, 3.8) is 0 Å². The first-order valence-corrected chi connectivity index (χ1v) is 9.99. The van der Waals surface area contributed by atoms with E-state index in [9.17, 15) is 14.4 Å². The minimum absolute atomic E-state index is 0.0364. The number of hydrogen-bond acceptors (Lipinski definition) is 5. The molecule has 8 nitrogen and oxygen atoms in total. The number of amides is 2. The third kappa shape index (κ3) is 3.90. The lowest BCUT2D eigenvalue weighted by molar-refractivity contribution is -0.132. The van der Waals surface area contributed by atoms with Crippen LogP contribution in [-0.4, -0.2) is 58.9 Å². The lowest BCUT2D eigenvalue weighted by Crippen LogP contribution is -2.58. The van der Waals surface area contributed by atoms with Gasteiger partial charge in [-0.1, -0.05) is 0 Å². The minimum atomic E-state index is -0.709. The summed E-state index contributed by atoms with van der Waals surface area (Å²) in [5.41, 5.74) is 0.369. The van der Waals surface area contributed by atoms with Crippen LogP contribution in [0.5, 0.6) is 11.5 Å². The smallest absolute Gasteiger partial charge is 0.255 e. The average Bonchev–Trinajstić information content (AvgIpc) is 2.89. The van der Waals surface area contributed by atoms with Crippen molar-refractivity contribution < 1.29 is 19.1 Å². The second-order valence-corrected chi connectivity index (χ2v) is 7.91. The summed E-state index contributed by atoms with van der Waals surface area (Å²) in [6.45, 7) is 3.34. The van der Waals surface area contributed by atoms with E-state index in [0.29, 0.717) is 43.2 Å². The van der Waals surface area contributed by atoms with Gasteiger partial charge >= 0.3 is 0 Å². The van der Waals surface area contributed by atoms with Gasteiger partial charge < -0.3 is 24.3 Å². The molecular weight excluding hydrogens is 386 g/mol. The van der Waals surface area contributed by atoms with Gasteiger partial charge in [0.15, 0.2) is 0 Å². The van der Waals surface area contributed by atoms with Crippen LogP contribution in [0, 0.1) is 0 Å². The van der Waals surface area contributed by atoms with E-state index in [2.05, 4.69) is 4.98 Å². The Morgan fingerprint density at radius 1 is 1.17 bits per heavy atom. The number of carbonyl (C=O) groups excluding carboxylic acids is 2. The molecule has 4 rings (SSSR count). The Morgan fingerprint density at radius 3 is 2.67 bits per heavy atom. The van der Waals surface area contributed by atoms with Gasteiger partial charge in [-0.2, -0.15) is 0 Å². The maximum atomic E-state index is 13.0. The molecule has 0 aliphatic carbocycles. The van der Waals surface area contributed by atoms with E-state index in [1.54, 1.807) is 23.8 Å². The number of ether oxygens (including phenoxy) is 2. The SMILES string of the molecule is COc1ccc2c(c1)O[C@]1(CCCN(C(=O)c3ccc(=O)[nH]c3)C1)CN(C(C)=O)C2. The number of carbonyl (C=O) groups is 2. The van der Waals surface area contributed by atoms with E-state index in [0.717, 1.165) is 18.4 Å². The zero-order chi connectivity index (χ0) is 21.3. The number of aromatic nitrogens is 1. The maximum Gasteiger partial charge on any atom is 0.255 e. The molecule has 1 spiro atoms. The van der Waals surface area contributed by atoms with Crippen LogP contribution in [0.25, 0.3) is 0 Å². The van der Waals surface area contributed by atoms with Crippen molar-refractivity contribution >= 4 is 11.8 Å². The monoisotopic (exact) mass is 411 g/mol. The van der Waals surface area contributed by atoms with Crippen molar-refractivity contribution in [3.8, 4) is 11.5 Å². The predicted molar refractivity (Wildman–Crippen MR) is 110 cm³/mol. The summed E-state index contributed by atoms with van der Waals surface area (Å²) in [6.07, 6.45) is 2.91. The van der Waals surface area contributed by atoms with Gasteiger partial charge in [-0.3, -0.25) is 14.4 Å². The largest absolute Gasteiger partial charge is 0.497 e. The van der Waals surface area contributed by atoms with E-state index in [1.165, 1.54) is 18.3 Å². The van der Waals surface area contributed by atoms with Crippen molar-refractivity contribution in [3.05, 3.63) is 58.0 Å². The Kier molecular flexibility index (Phi) is 5.24. The zero-order valence-corrected chi connectivity index (χ0v) is 17.1. The maximum absolute atomic E-state index is 13.0. The van der Waals surface area contributed by atoms with Crippen molar-refractivity contribution in [2.24, 2.45) is 0 Å². The van der Waals surface area contributed by atoms with Crippen LogP contribution in [0.2, 0.25) is 0 Å². The number of methoxy groups -OCH3 is 1. The summed E-state index contributed by atoms with van der Waals surface area (Å²) in [4.78, 5) is 42.7. The van der Waals surface area contributed by atoms with Crippen LogP contribution < -0.4 is 15.0 Å². The van der Waals surface area contributed by atoms with Crippen LogP contribution in [0.3, 0.4) is 0 Å². The summed E-state index contributed by atoms with van der Waals surface area (Å²) in [5, 5.41) is 0. The molecule has 2 aliphatic rings. The molecule has 0 bridgehead atoms. The van der Waals surface area contributed by atoms with Gasteiger partial charge in [0.1, 0.15) is 17.1 Å². The zero-order valence-electron chi connectivity index (χ0n) is 17.1. The van der Waals surface area contributed by atoms with E-state index >= 15 is 0 Å². The number of rotatable bonds is 2. The summed E-state index contributed by atoms with van der Waals surface area (Å²) in [5.74, 6) is 1.15. The number of piperidine rings is 1. The molecule has 0 radical (unpaired) electrons. The summed E-state index contributed by atoms with van der Waals surface area (Å²) < 4.78 is 11.9. The molecule has 1 aromatic heterocycles. The Labute approximate surface area is 174 Å². The molecule has 1 saturated heterocycles. The highest BCUT2D eigenvalue weighted by atomic mass is 16.5. The highest BCUT2D eigenvalue weighted by Gasteiger charge is 2.43. The normalized spacial score (nSPS) is 20.9. The highest BCUT2D eigenvalue weighted by Crippen LogP contribution is 2.37. The molecule has 1 fully saturated rings. The molecule has 1 aromatic carbocycles. The Morgan fingerprint density at radius 2 is 1.97 bits per heavy atom. The number of hydrogen-bond donors (Lipinski definition) is 1. The number of nitrogens with zero attached hydrogens (tertiary/aromatic N) is 2. The first kappa shape index (κ1) is 20.0. The highest BCUT2D eigenvalue weighted by molar-refractivity contribution is 5.94. The predicted octanol–water partition coefficient (Wildman–Crippen LogP) is 1.80. The number of H-pyrrole nitrogens is 1. The molecule has 1 N–H and O–H groups in total. The second kappa shape index (κ2) is 7.85. The van der Waals surface area contributed by atoms with E-state index < -0.39 is 5.60 Å². The van der Waals surface area contributed by atoms with Crippen LogP contribution >= 0.6 is 0 Å². The fraction of sp³-hybridized carbons (Fsp3) is 0.409. The van der Waals surface area contributed by atoms with E-state index in [4.69, 9.17) is 9.47 Å². The molecule has 2 amide bonds. The van der Waals surface area contributed by atoms with Crippen LogP contribution in [-0.2, 0) is 11.3 Å². The first-order chi connectivity index (χ1) is 14.4. The minimum Gasteiger partial charge on any atom is -0.497 e. The quantitative estimate of drug-likeness (QED) is 0.814. The molecule has 2 aromatic rings. The van der Waals surface area contributed by atoms with Crippen LogP contribution in [0.4, 0.5) is 0 Å². The van der Waals surface area contributed by atoms with Crippen molar-refractivity contribution in [1.82, 2.24) is 14.8 Å². The fourth-order valence-corrected chi connectivity index (χ4v) is 4.19. The molecule has 3 heterocycles. The lowest BCUT2D eigenvalue weighted by atomic mass is 9.91. The number of likely N-dealkylation sites (tertiary alicyclic amines) is 1. The van der Waals surface area contributed by atoms with Gasteiger partial charge in [0.25, 0.3) is 5.91 Å². The average molecular weight is 411 g/mol. The molecule has 0 unspecified atom stereocenters. The third-order valence-corrected chi connectivity index (χ3v) is 5.74. The van der Waals surface area contributed by atoms with Crippen molar-refractivity contribution in [2.45, 2.75) is 31.9 Å². The van der Waals surface area contributed by atoms with E-state index in [-0.39, 0.29) is 17.4 Å². The molecule has 0 saturated carbocycles. The lowest BCUT2D eigenvalue weighted by Gasteiger charge is -2.43. The van der Waals surface area contributed by atoms with Gasteiger partial charge in [0.2, 0.25) is 11.5 Å². The number of nitrogens with one attached hydrogen (secondary N) is 1. The Hall–Kier alpha value is -3.29. The van der Waals surface area contributed by atoms with Crippen LogP contribution in [0.1, 0.15) is 35.7 Å². The van der Waals surface area contributed by atoms with Gasteiger partial charge in [-0.25, -0.2) is 0 Å². The van der Waals surface area contributed by atoms with Crippen LogP contribution in [0.15, 0.2) is 41.3 Å². The topological polar surface area (TPSA) is 91.9 Å². The van der Waals surface area contributed by atoms with Gasteiger partial charge in [0, 0.05) is 43.9 Å². The molecule has 1 atom stereocenters.